The van der Waals surface area contributed by atoms with Crippen molar-refractivity contribution in [3.05, 3.63) is 106 Å². The summed E-state index contributed by atoms with van der Waals surface area (Å²) < 4.78 is 17.5. The summed E-state index contributed by atoms with van der Waals surface area (Å²) in [7, 11) is 1.89. The number of halogens is 1. The Bertz CT molecular complexity index is 1520. The number of rotatable bonds is 6. The van der Waals surface area contributed by atoms with E-state index in [1.165, 1.54) is 23.5 Å². The van der Waals surface area contributed by atoms with Crippen LogP contribution in [0.1, 0.15) is 11.3 Å². The minimum absolute atomic E-state index is 0.124. The summed E-state index contributed by atoms with van der Waals surface area (Å²) in [5.41, 5.74) is 3.77. The molecule has 5 nitrogen and oxygen atoms in total. The Morgan fingerprint density at radius 2 is 1.76 bits per heavy atom. The summed E-state index contributed by atoms with van der Waals surface area (Å²) in [6.45, 7) is 2.28. The van der Waals surface area contributed by atoms with Gasteiger partial charge in [-0.25, -0.2) is 9.37 Å². The molecular weight excluding hydrogens is 447 g/mol. The van der Waals surface area contributed by atoms with E-state index < -0.39 is 0 Å². The first kappa shape index (κ1) is 22.0. The van der Waals surface area contributed by atoms with Crippen molar-refractivity contribution in [1.29, 1.82) is 0 Å². The zero-order chi connectivity index (χ0) is 23.7. The Labute approximate surface area is 200 Å². The molecule has 5 rings (SSSR count). The van der Waals surface area contributed by atoms with Crippen molar-refractivity contribution in [1.82, 2.24) is 19.3 Å². The van der Waals surface area contributed by atoms with Crippen LogP contribution in [0.5, 0.6) is 0 Å². The highest BCUT2D eigenvalue weighted by atomic mass is 32.1. The van der Waals surface area contributed by atoms with Gasteiger partial charge in [0.25, 0.3) is 5.56 Å². The van der Waals surface area contributed by atoms with E-state index in [9.17, 15) is 9.18 Å². The molecule has 34 heavy (non-hydrogen) atoms. The Kier molecular flexibility index (Phi) is 5.94. The third-order valence-corrected chi connectivity index (χ3v) is 6.95. The van der Waals surface area contributed by atoms with E-state index in [-0.39, 0.29) is 11.4 Å². The summed E-state index contributed by atoms with van der Waals surface area (Å²) in [5, 5.41) is 4.24. The first-order chi connectivity index (χ1) is 16.5. The van der Waals surface area contributed by atoms with Gasteiger partial charge in [-0.1, -0.05) is 42.5 Å². The van der Waals surface area contributed by atoms with Gasteiger partial charge in [-0.3, -0.25) is 14.0 Å². The second-order valence-corrected chi connectivity index (χ2v) is 9.19. The molecule has 0 radical (unpaired) electrons. The normalized spacial score (nSPS) is 11.1. The minimum atomic E-state index is -0.359. The lowest BCUT2D eigenvalue weighted by atomic mass is 10.1. The first-order valence-corrected chi connectivity index (χ1v) is 11.8. The monoisotopic (exact) mass is 470 g/mol. The summed E-state index contributed by atoms with van der Waals surface area (Å²) in [6, 6.07) is 22.2. The molecule has 3 aromatic heterocycles. The molecule has 3 heterocycles. The molecule has 170 valence electrons. The van der Waals surface area contributed by atoms with Crippen LogP contribution < -0.4 is 5.56 Å². The van der Waals surface area contributed by atoms with Crippen molar-refractivity contribution in [3.63, 3.8) is 0 Å². The number of benzene rings is 2. The Morgan fingerprint density at radius 1 is 0.971 bits per heavy atom. The number of aromatic nitrogens is 4. The zero-order valence-electron chi connectivity index (χ0n) is 18.9. The van der Waals surface area contributed by atoms with Crippen LogP contribution in [0.3, 0.4) is 0 Å². The lowest BCUT2D eigenvalue weighted by molar-refractivity contribution is 0.626. The number of nitrogens with zero attached hydrogens (tertiary/aromatic N) is 4. The molecule has 0 spiro atoms. The number of thiophene rings is 1. The van der Waals surface area contributed by atoms with Crippen LogP contribution in [0, 0.1) is 12.7 Å². The summed E-state index contributed by atoms with van der Waals surface area (Å²) in [5.74, 6) is 0.118. The SMILES string of the molecule is Cc1nc(-c2cccc(F)c2)n(CCc2ccccc2)c(=O)c1-c1ccc(-c2ccnn2C)s1. The maximum absolute atomic E-state index is 14.0. The zero-order valence-corrected chi connectivity index (χ0v) is 19.7. The van der Waals surface area contributed by atoms with Gasteiger partial charge >= 0.3 is 0 Å². The van der Waals surface area contributed by atoms with E-state index in [2.05, 4.69) is 5.10 Å². The van der Waals surface area contributed by atoms with Crippen LogP contribution in [0.4, 0.5) is 4.39 Å². The third kappa shape index (κ3) is 4.22. The van der Waals surface area contributed by atoms with Crippen molar-refractivity contribution >= 4 is 11.3 Å². The largest absolute Gasteiger partial charge is 0.292 e. The molecule has 0 aliphatic rings. The first-order valence-electron chi connectivity index (χ1n) is 11.0. The molecule has 7 heteroatoms. The molecule has 0 saturated heterocycles. The third-order valence-electron chi connectivity index (χ3n) is 5.83. The van der Waals surface area contributed by atoms with Gasteiger partial charge < -0.3 is 0 Å². The molecule has 0 saturated carbocycles. The van der Waals surface area contributed by atoms with Crippen LogP contribution in [0.2, 0.25) is 0 Å². The summed E-state index contributed by atoms with van der Waals surface area (Å²) in [6.07, 6.45) is 2.42. The molecule has 0 unspecified atom stereocenters. The highest BCUT2D eigenvalue weighted by Gasteiger charge is 2.19. The molecule has 0 bridgehead atoms. The maximum atomic E-state index is 14.0. The quantitative estimate of drug-likeness (QED) is 0.318. The Morgan fingerprint density at radius 3 is 2.50 bits per heavy atom. The maximum Gasteiger partial charge on any atom is 0.262 e. The van der Waals surface area contributed by atoms with Gasteiger partial charge in [-0.2, -0.15) is 5.10 Å². The fourth-order valence-corrected chi connectivity index (χ4v) is 5.26. The molecule has 0 amide bonds. The van der Waals surface area contributed by atoms with Crippen molar-refractivity contribution in [3.8, 4) is 32.4 Å². The molecular formula is C27H23FN4OS. The van der Waals surface area contributed by atoms with Crippen molar-refractivity contribution < 1.29 is 4.39 Å². The number of aryl methyl sites for hydroxylation is 3. The Hall–Kier alpha value is -3.84. The van der Waals surface area contributed by atoms with Crippen molar-refractivity contribution in [2.75, 3.05) is 0 Å². The van der Waals surface area contributed by atoms with Crippen molar-refractivity contribution in [2.24, 2.45) is 7.05 Å². The van der Waals surface area contributed by atoms with Gasteiger partial charge in [0.1, 0.15) is 11.6 Å². The molecule has 0 aliphatic heterocycles. The van der Waals surface area contributed by atoms with Gasteiger partial charge in [-0.15, -0.1) is 11.3 Å². The standard InChI is InChI=1S/C27H23FN4OS/c1-18-25(24-12-11-23(34-24)22-13-15-29-31(22)2)27(33)32(16-14-19-7-4-3-5-8-19)26(30-18)20-9-6-10-21(28)17-20/h3-13,15,17H,14,16H2,1-2H3. The van der Waals surface area contributed by atoms with E-state index in [4.69, 9.17) is 4.98 Å². The average Bonchev–Trinajstić information content (AvgIpc) is 3.48. The molecule has 0 fully saturated rings. The fraction of sp³-hybridized carbons (Fsp3) is 0.148. The second-order valence-electron chi connectivity index (χ2n) is 8.10. The molecule has 0 aliphatic carbocycles. The highest BCUT2D eigenvalue weighted by molar-refractivity contribution is 7.18. The van der Waals surface area contributed by atoms with Gasteiger partial charge in [0, 0.05) is 30.2 Å². The van der Waals surface area contributed by atoms with Crippen LogP contribution >= 0.6 is 11.3 Å². The predicted molar refractivity (Wildman–Crippen MR) is 134 cm³/mol. The lowest BCUT2D eigenvalue weighted by Gasteiger charge is -2.16. The lowest BCUT2D eigenvalue weighted by Crippen LogP contribution is -2.26. The van der Waals surface area contributed by atoms with E-state index in [0.717, 1.165) is 21.0 Å². The van der Waals surface area contributed by atoms with E-state index >= 15 is 0 Å². The van der Waals surface area contributed by atoms with E-state index in [1.807, 2.05) is 67.2 Å². The van der Waals surface area contributed by atoms with Crippen LogP contribution in [0.15, 0.2) is 83.8 Å². The van der Waals surface area contributed by atoms with Gasteiger partial charge in [0.2, 0.25) is 0 Å². The van der Waals surface area contributed by atoms with Crippen molar-refractivity contribution in [2.45, 2.75) is 19.9 Å². The topological polar surface area (TPSA) is 52.7 Å². The molecule has 5 aromatic rings. The van der Waals surface area contributed by atoms with E-state index in [0.29, 0.717) is 35.6 Å². The van der Waals surface area contributed by atoms with Gasteiger partial charge in [0.05, 0.1) is 21.8 Å². The summed E-state index contributed by atoms with van der Waals surface area (Å²) in [4.78, 5) is 20.6. The minimum Gasteiger partial charge on any atom is -0.292 e. The Balaban J connectivity index is 1.63. The van der Waals surface area contributed by atoms with Crippen LogP contribution in [0.25, 0.3) is 32.4 Å². The number of hydrogen-bond donors (Lipinski definition) is 0. The van der Waals surface area contributed by atoms with E-state index in [1.54, 1.807) is 22.9 Å². The van der Waals surface area contributed by atoms with Crippen LogP contribution in [-0.4, -0.2) is 19.3 Å². The van der Waals surface area contributed by atoms with Crippen LogP contribution in [-0.2, 0) is 20.0 Å². The summed E-state index contributed by atoms with van der Waals surface area (Å²) >= 11 is 1.54. The predicted octanol–water partition coefficient (Wildman–Crippen LogP) is 5.73. The average molecular weight is 471 g/mol. The number of hydrogen-bond acceptors (Lipinski definition) is 4. The molecule has 0 atom stereocenters. The fourth-order valence-electron chi connectivity index (χ4n) is 4.11. The smallest absolute Gasteiger partial charge is 0.262 e. The van der Waals surface area contributed by atoms with Gasteiger partial charge in [0.15, 0.2) is 0 Å². The highest BCUT2D eigenvalue weighted by Crippen LogP contribution is 2.34. The second kappa shape index (κ2) is 9.19. The van der Waals surface area contributed by atoms with Gasteiger partial charge in [-0.05, 0) is 49.2 Å². The molecule has 0 N–H and O–H groups in total. The molecule has 2 aromatic carbocycles.